The summed E-state index contributed by atoms with van der Waals surface area (Å²) in [6.07, 6.45) is 0. The first-order valence-corrected chi connectivity index (χ1v) is 7.59. The number of carbonyl (C=O) groups is 1. The summed E-state index contributed by atoms with van der Waals surface area (Å²) in [6.45, 7) is 0.0661. The van der Waals surface area contributed by atoms with E-state index in [4.69, 9.17) is 4.74 Å². The normalized spacial score (nSPS) is 9.45. The molecule has 2 nitrogen and oxygen atoms in total. The van der Waals surface area contributed by atoms with Crippen molar-refractivity contribution in [1.29, 1.82) is 0 Å². The minimum absolute atomic E-state index is 0.0626. The molecule has 2 aromatic carbocycles. The van der Waals surface area contributed by atoms with Crippen LogP contribution in [0.4, 0.5) is 4.39 Å². The zero-order chi connectivity index (χ0) is 14.2. The molecule has 0 aliphatic rings. The number of benzene rings is 2. The fourth-order valence-electron chi connectivity index (χ4n) is 1.39. The average Bonchev–Trinajstić information content (AvgIpc) is 2.49. The van der Waals surface area contributed by atoms with Crippen molar-refractivity contribution in [2.45, 2.75) is 0 Å². The second-order valence-corrected chi connectivity index (χ2v) is 5.62. The first-order chi connectivity index (χ1) is 9.75. The number of rotatable bonds is 3. The Morgan fingerprint density at radius 2 is 1.80 bits per heavy atom. The average molecular weight is 333 g/mol. The molecule has 100 valence electrons. The number of esters is 1. The van der Waals surface area contributed by atoms with E-state index < -0.39 is 0 Å². The summed E-state index contributed by atoms with van der Waals surface area (Å²) in [4.78, 5) is 14.5. The molecular formula is C16H11FO2Se. The van der Waals surface area contributed by atoms with E-state index in [-0.39, 0.29) is 33.4 Å². The molecule has 0 bridgehead atoms. The van der Waals surface area contributed by atoms with Crippen molar-refractivity contribution in [2.75, 3.05) is 6.61 Å². The molecule has 20 heavy (non-hydrogen) atoms. The van der Waals surface area contributed by atoms with E-state index in [1.807, 2.05) is 6.07 Å². The first-order valence-electron chi connectivity index (χ1n) is 5.88. The molecule has 0 saturated heterocycles. The summed E-state index contributed by atoms with van der Waals surface area (Å²) in [5.74, 6) is 2.15. The Bertz CT molecular complexity index is 627. The van der Waals surface area contributed by atoms with Gasteiger partial charge in [-0.15, -0.1) is 0 Å². The van der Waals surface area contributed by atoms with Gasteiger partial charge >= 0.3 is 123 Å². The van der Waals surface area contributed by atoms with Gasteiger partial charge in [0, 0.05) is 0 Å². The zero-order valence-electron chi connectivity index (χ0n) is 10.5. The molecule has 2 aromatic rings. The maximum absolute atomic E-state index is 12.7. The van der Waals surface area contributed by atoms with Gasteiger partial charge in [0.25, 0.3) is 0 Å². The molecule has 0 aromatic heterocycles. The zero-order valence-corrected chi connectivity index (χ0v) is 12.2. The van der Waals surface area contributed by atoms with Crippen LogP contribution in [0.1, 0.15) is 10.4 Å². The van der Waals surface area contributed by atoms with Crippen molar-refractivity contribution in [2.24, 2.45) is 0 Å². The molecule has 0 aliphatic carbocycles. The van der Waals surface area contributed by atoms with Gasteiger partial charge in [0.15, 0.2) is 0 Å². The molecule has 0 unspecified atom stereocenters. The standard InChI is InChI=1S/C16H11FO2Se/c17-14-7-9-15(10-8-14)20-12-4-11-19-16(18)13-5-2-1-3-6-13/h1-3,5-10H,11H2. The maximum atomic E-state index is 12.7. The molecule has 0 fully saturated rings. The Balaban J connectivity index is 1.78. The molecule has 0 spiro atoms. The van der Waals surface area contributed by atoms with Crippen molar-refractivity contribution >= 4 is 25.4 Å². The number of ether oxygens (including phenoxy) is 1. The second kappa shape index (κ2) is 7.49. The number of halogens is 1. The fourth-order valence-corrected chi connectivity index (χ4v) is 2.48. The van der Waals surface area contributed by atoms with Crippen LogP contribution in [0.2, 0.25) is 0 Å². The summed E-state index contributed by atoms with van der Waals surface area (Å²) in [5.41, 5.74) is 0.512. The van der Waals surface area contributed by atoms with Crippen molar-refractivity contribution in [3.05, 3.63) is 66.0 Å². The van der Waals surface area contributed by atoms with Gasteiger partial charge in [0.2, 0.25) is 0 Å². The van der Waals surface area contributed by atoms with Gasteiger partial charge in [0.1, 0.15) is 0 Å². The van der Waals surface area contributed by atoms with E-state index in [0.717, 1.165) is 4.46 Å². The third-order valence-electron chi connectivity index (χ3n) is 2.34. The van der Waals surface area contributed by atoms with Crippen LogP contribution in [0.25, 0.3) is 0 Å². The summed E-state index contributed by atoms with van der Waals surface area (Å²) in [7, 11) is 0. The van der Waals surface area contributed by atoms with Crippen LogP contribution >= 0.6 is 0 Å². The number of carbonyl (C=O) groups excluding carboxylic acids is 1. The van der Waals surface area contributed by atoms with Crippen molar-refractivity contribution in [1.82, 2.24) is 0 Å². The van der Waals surface area contributed by atoms with E-state index in [2.05, 4.69) is 10.7 Å². The van der Waals surface area contributed by atoms with Crippen LogP contribution in [0, 0.1) is 16.6 Å². The first kappa shape index (κ1) is 14.3. The number of hydrogen-bond donors (Lipinski definition) is 0. The van der Waals surface area contributed by atoms with Crippen LogP contribution in [0.15, 0.2) is 54.6 Å². The van der Waals surface area contributed by atoms with E-state index in [9.17, 15) is 9.18 Å². The van der Waals surface area contributed by atoms with E-state index in [1.54, 1.807) is 36.4 Å². The van der Waals surface area contributed by atoms with Crippen LogP contribution in [0.3, 0.4) is 0 Å². The van der Waals surface area contributed by atoms with Gasteiger partial charge in [-0.05, 0) is 0 Å². The van der Waals surface area contributed by atoms with Crippen LogP contribution < -0.4 is 4.46 Å². The van der Waals surface area contributed by atoms with Crippen LogP contribution in [-0.4, -0.2) is 27.5 Å². The summed E-state index contributed by atoms with van der Waals surface area (Å²) in [5, 5.41) is 0. The molecule has 0 radical (unpaired) electrons. The van der Waals surface area contributed by atoms with Gasteiger partial charge in [-0.2, -0.15) is 0 Å². The molecule has 0 saturated carbocycles. The van der Waals surface area contributed by atoms with Gasteiger partial charge in [-0.3, -0.25) is 0 Å². The Kier molecular flexibility index (Phi) is 5.37. The second-order valence-electron chi connectivity index (χ2n) is 3.78. The topological polar surface area (TPSA) is 26.3 Å². The predicted molar refractivity (Wildman–Crippen MR) is 76.3 cm³/mol. The molecule has 2 rings (SSSR count). The molecular weight excluding hydrogens is 322 g/mol. The minimum atomic E-state index is -0.380. The monoisotopic (exact) mass is 334 g/mol. The van der Waals surface area contributed by atoms with Gasteiger partial charge in [0.05, 0.1) is 0 Å². The van der Waals surface area contributed by atoms with Crippen molar-refractivity contribution in [3.63, 3.8) is 0 Å². The van der Waals surface area contributed by atoms with Gasteiger partial charge in [-0.25, -0.2) is 0 Å². The third kappa shape index (κ3) is 4.55. The summed E-state index contributed by atoms with van der Waals surface area (Å²) in [6, 6.07) is 15.0. The van der Waals surface area contributed by atoms with E-state index in [1.165, 1.54) is 12.1 Å². The Labute approximate surface area is 123 Å². The molecule has 0 N–H and O–H groups in total. The summed E-state index contributed by atoms with van der Waals surface area (Å²) < 4.78 is 18.7. The van der Waals surface area contributed by atoms with E-state index >= 15 is 0 Å². The van der Waals surface area contributed by atoms with Gasteiger partial charge in [-0.1, -0.05) is 0 Å². The van der Waals surface area contributed by atoms with Crippen LogP contribution in [-0.2, 0) is 4.74 Å². The van der Waals surface area contributed by atoms with E-state index in [0.29, 0.717) is 5.56 Å². The molecule has 0 heterocycles. The predicted octanol–water partition coefficient (Wildman–Crippen LogP) is 1.97. The third-order valence-corrected chi connectivity index (χ3v) is 3.92. The summed E-state index contributed by atoms with van der Waals surface area (Å²) >= 11 is -0.0626. The SMILES string of the molecule is O=C(OCC#C[Se]c1ccc(F)cc1)c1ccccc1. The number of hydrogen-bond acceptors (Lipinski definition) is 2. The Morgan fingerprint density at radius 3 is 2.50 bits per heavy atom. The van der Waals surface area contributed by atoms with Crippen molar-refractivity contribution < 1.29 is 13.9 Å². The Hall–Kier alpha value is -2.08. The quantitative estimate of drug-likeness (QED) is 0.488. The molecule has 0 aliphatic heterocycles. The molecule has 0 amide bonds. The molecule has 0 atom stereocenters. The van der Waals surface area contributed by atoms with Crippen molar-refractivity contribution in [3.8, 4) is 10.7 Å². The van der Waals surface area contributed by atoms with Crippen LogP contribution in [0.5, 0.6) is 0 Å². The van der Waals surface area contributed by atoms with Gasteiger partial charge < -0.3 is 0 Å². The molecule has 4 heteroatoms. The fraction of sp³-hybridized carbons (Fsp3) is 0.0625. The Morgan fingerprint density at radius 1 is 1.10 bits per heavy atom.